The average molecular weight is 1000 g/mol. The van der Waals surface area contributed by atoms with E-state index in [0.717, 1.165) is 36.3 Å². The smallest absolute Gasteiger partial charge is 0.0632 e. The van der Waals surface area contributed by atoms with E-state index in [1.807, 2.05) is 13.8 Å². The molecule has 3 aliphatic rings. The molecule has 0 spiro atoms. The Morgan fingerprint density at radius 3 is 1.69 bits per heavy atom. The first-order valence-corrected chi connectivity index (χ1v) is 27.7. The van der Waals surface area contributed by atoms with E-state index < -0.39 is 0 Å². The predicted molar refractivity (Wildman–Crippen MR) is 335 cm³/mol. The lowest BCUT2D eigenvalue weighted by Gasteiger charge is -2.29. The van der Waals surface area contributed by atoms with Gasteiger partial charge in [-0.15, -0.1) is 0 Å². The number of nitrogens with zero attached hydrogens (tertiary/aromatic N) is 2. The van der Waals surface area contributed by atoms with Crippen LogP contribution in [0.25, 0.3) is 88.3 Å². The van der Waals surface area contributed by atoms with Crippen molar-refractivity contribution in [2.24, 2.45) is 0 Å². The number of benzene rings is 11. The molecule has 0 N–H and O–H groups in total. The third kappa shape index (κ3) is 9.26. The fourth-order valence-electron chi connectivity index (χ4n) is 11.9. The predicted octanol–water partition coefficient (Wildman–Crippen LogP) is 21.4. The van der Waals surface area contributed by atoms with Gasteiger partial charge in [0.05, 0.1) is 11.7 Å². The lowest BCUT2D eigenvalue weighted by molar-refractivity contribution is 0.830. The van der Waals surface area contributed by atoms with Gasteiger partial charge < -0.3 is 9.80 Å². The van der Waals surface area contributed by atoms with Crippen molar-refractivity contribution in [2.75, 3.05) is 9.80 Å². The van der Waals surface area contributed by atoms with Gasteiger partial charge in [-0.05, 0) is 181 Å². The SMILES string of the molecule is C1=CCCC(c2cccc(-c3cc(-c4cccc(-c5ccccc5)c4)cc(N4c5ccc(-c6ccc(-c7cccc(N(c8ccc9ccccc9c8)c8cccc9ccccc89)c7)cc6)cc5C5=CC=CCC54)c3)c2)=C1.CC. The summed E-state index contributed by atoms with van der Waals surface area (Å²) < 4.78 is 0. The minimum atomic E-state index is 0.178. The van der Waals surface area contributed by atoms with Crippen LogP contribution in [-0.4, -0.2) is 6.04 Å². The van der Waals surface area contributed by atoms with Gasteiger partial charge in [0.25, 0.3) is 0 Å². The Morgan fingerprint density at radius 2 is 0.936 bits per heavy atom. The summed E-state index contributed by atoms with van der Waals surface area (Å²) in [4.78, 5) is 5.02. The first-order valence-electron chi connectivity index (χ1n) is 27.7. The number of rotatable bonds is 10. The van der Waals surface area contributed by atoms with Crippen molar-refractivity contribution in [3.05, 3.63) is 296 Å². The second-order valence-corrected chi connectivity index (χ2v) is 20.4. The van der Waals surface area contributed by atoms with E-state index in [0.29, 0.717) is 0 Å². The quantitative estimate of drug-likeness (QED) is 0.135. The Balaban J connectivity index is 0.00000286. The summed E-state index contributed by atoms with van der Waals surface area (Å²) in [6, 6.07) is 92.3. The maximum absolute atomic E-state index is 2.61. The van der Waals surface area contributed by atoms with Crippen LogP contribution in [0.5, 0.6) is 0 Å². The normalized spacial score (nSPS) is 14.3. The van der Waals surface area contributed by atoms with Crippen molar-refractivity contribution in [1.29, 1.82) is 0 Å². The van der Waals surface area contributed by atoms with Crippen LogP contribution >= 0.6 is 0 Å². The molecule has 1 unspecified atom stereocenters. The lowest BCUT2D eigenvalue weighted by Crippen LogP contribution is -2.27. The highest BCUT2D eigenvalue weighted by Crippen LogP contribution is 2.50. The molecule has 0 fully saturated rings. The topological polar surface area (TPSA) is 6.48 Å². The van der Waals surface area contributed by atoms with Crippen LogP contribution in [0, 0.1) is 0 Å². The van der Waals surface area contributed by atoms with Gasteiger partial charge in [-0.25, -0.2) is 0 Å². The molecule has 2 heteroatoms. The molecule has 1 heterocycles. The highest BCUT2D eigenvalue weighted by Gasteiger charge is 2.35. The number of allylic oxidation sites excluding steroid dienone is 6. The van der Waals surface area contributed by atoms with Gasteiger partial charge in [-0.3, -0.25) is 0 Å². The van der Waals surface area contributed by atoms with Crippen LogP contribution < -0.4 is 9.80 Å². The van der Waals surface area contributed by atoms with Gasteiger partial charge in [0.1, 0.15) is 0 Å². The molecule has 0 saturated carbocycles. The summed E-state index contributed by atoms with van der Waals surface area (Å²) in [5, 5.41) is 4.88. The van der Waals surface area contributed by atoms with Crippen LogP contribution in [0.15, 0.2) is 285 Å². The first-order chi connectivity index (χ1) is 38.6. The molecule has 0 radical (unpaired) electrons. The number of hydrogen-bond acceptors (Lipinski definition) is 2. The van der Waals surface area contributed by atoms with Gasteiger partial charge in [0.15, 0.2) is 0 Å². The molecule has 0 amide bonds. The molecule has 78 heavy (non-hydrogen) atoms. The summed E-state index contributed by atoms with van der Waals surface area (Å²) in [6.07, 6.45) is 16.7. The second-order valence-electron chi connectivity index (χ2n) is 20.4. The first kappa shape index (κ1) is 48.2. The van der Waals surface area contributed by atoms with Crippen LogP contribution in [-0.2, 0) is 0 Å². The zero-order chi connectivity index (χ0) is 52.4. The van der Waals surface area contributed by atoms with Crippen molar-refractivity contribution in [3.63, 3.8) is 0 Å². The monoisotopic (exact) mass is 1000 g/mol. The van der Waals surface area contributed by atoms with Gasteiger partial charge in [0, 0.05) is 33.7 Å². The van der Waals surface area contributed by atoms with Crippen LogP contribution in [0.2, 0.25) is 0 Å². The Hall–Kier alpha value is -9.50. The highest BCUT2D eigenvalue weighted by molar-refractivity contribution is 6.01. The molecule has 2 aliphatic carbocycles. The van der Waals surface area contributed by atoms with Gasteiger partial charge in [-0.1, -0.05) is 226 Å². The molecule has 1 aliphatic heterocycles. The fraction of sp³-hybridized carbons (Fsp3) is 0.0789. The summed E-state index contributed by atoms with van der Waals surface area (Å²) in [5.41, 5.74) is 23.2. The van der Waals surface area contributed by atoms with E-state index in [9.17, 15) is 0 Å². The summed E-state index contributed by atoms with van der Waals surface area (Å²) in [7, 11) is 0. The van der Waals surface area contributed by atoms with E-state index >= 15 is 0 Å². The zero-order valence-corrected chi connectivity index (χ0v) is 44.2. The van der Waals surface area contributed by atoms with E-state index in [1.54, 1.807) is 0 Å². The maximum Gasteiger partial charge on any atom is 0.0632 e. The van der Waals surface area contributed by atoms with E-state index in [-0.39, 0.29) is 6.04 Å². The van der Waals surface area contributed by atoms with Gasteiger partial charge in [0.2, 0.25) is 0 Å². The molecule has 1 atom stereocenters. The molecule has 2 nitrogen and oxygen atoms in total. The summed E-state index contributed by atoms with van der Waals surface area (Å²) in [5.74, 6) is 0. The Labute approximate surface area is 459 Å². The highest BCUT2D eigenvalue weighted by atomic mass is 15.2. The molecule has 11 aromatic rings. The van der Waals surface area contributed by atoms with Crippen molar-refractivity contribution in [1.82, 2.24) is 0 Å². The minimum Gasteiger partial charge on any atom is -0.333 e. The van der Waals surface area contributed by atoms with E-state index in [1.165, 1.54) is 111 Å². The molecular formula is C76H60N2. The van der Waals surface area contributed by atoms with Crippen LogP contribution in [0.4, 0.5) is 28.4 Å². The summed E-state index contributed by atoms with van der Waals surface area (Å²) >= 11 is 0. The lowest BCUT2D eigenvalue weighted by atomic mass is 9.92. The second kappa shape index (κ2) is 21.3. The average Bonchev–Trinajstić information content (AvgIpc) is 4.02. The molecular weight excluding hydrogens is 941 g/mol. The maximum atomic E-state index is 2.61. The molecule has 0 saturated heterocycles. The van der Waals surface area contributed by atoms with Crippen molar-refractivity contribution < 1.29 is 0 Å². The minimum absolute atomic E-state index is 0.178. The number of anilines is 5. The fourth-order valence-corrected chi connectivity index (χ4v) is 11.9. The van der Waals surface area contributed by atoms with Crippen molar-refractivity contribution >= 4 is 61.1 Å². The molecule has 0 bridgehead atoms. The largest absolute Gasteiger partial charge is 0.333 e. The third-order valence-electron chi connectivity index (χ3n) is 15.7. The zero-order valence-electron chi connectivity index (χ0n) is 44.2. The Kier molecular flexibility index (Phi) is 13.1. The molecule has 374 valence electrons. The summed E-state index contributed by atoms with van der Waals surface area (Å²) in [6.45, 7) is 4.00. The number of fused-ring (bicyclic) bond motifs is 5. The van der Waals surface area contributed by atoms with Gasteiger partial charge >= 0.3 is 0 Å². The standard InChI is InChI=1S/C74H54N2.C2H6/c1-3-17-51(18-4-1)57-25-13-27-59(43-57)64-45-65(60-28-14-26-58(44-60)52-19-5-2-6-20-52)49-68(48-64)76-73-33-12-11-32-70(73)71-50-63(40-42-74(71)76)55-37-35-54(36-38-55)62-29-15-30-66(46-62)75(67-41-39-53-21-7-8-23-61(53)47-67)72-34-16-24-56-22-9-10-31-69(56)72;1-2/h1-5,7-19,21-32,34-50,73H,6,20,33H2;1-2H3. The van der Waals surface area contributed by atoms with Gasteiger partial charge in [-0.2, -0.15) is 0 Å². The third-order valence-corrected chi connectivity index (χ3v) is 15.7. The molecule has 11 aromatic carbocycles. The van der Waals surface area contributed by atoms with Crippen molar-refractivity contribution in [3.8, 4) is 55.6 Å². The van der Waals surface area contributed by atoms with E-state index in [4.69, 9.17) is 0 Å². The Morgan fingerprint density at radius 1 is 0.385 bits per heavy atom. The molecule has 14 rings (SSSR count). The van der Waals surface area contributed by atoms with Crippen LogP contribution in [0.3, 0.4) is 0 Å². The number of hydrogen-bond donors (Lipinski definition) is 0. The Bertz CT molecular complexity index is 4150. The van der Waals surface area contributed by atoms with E-state index in [2.05, 4.69) is 295 Å². The molecule has 0 aromatic heterocycles. The van der Waals surface area contributed by atoms with Crippen molar-refractivity contribution in [2.45, 2.75) is 39.2 Å². The van der Waals surface area contributed by atoms with Crippen LogP contribution in [0.1, 0.15) is 44.2 Å².